The van der Waals surface area contributed by atoms with Gasteiger partial charge >= 0.3 is 5.69 Å². The zero-order chi connectivity index (χ0) is 27.8. The maximum absolute atomic E-state index is 13.6. The summed E-state index contributed by atoms with van der Waals surface area (Å²) >= 11 is 5.70. The van der Waals surface area contributed by atoms with Crippen LogP contribution in [-0.4, -0.2) is 54.9 Å². The van der Waals surface area contributed by atoms with Crippen molar-refractivity contribution < 1.29 is 4.39 Å². The summed E-state index contributed by atoms with van der Waals surface area (Å²) in [4.78, 5) is 34.8. The van der Waals surface area contributed by atoms with Crippen LogP contribution in [0.2, 0.25) is 0 Å². The Bertz CT molecular complexity index is 1630. The molecular formula is C28H32FN7O2S. The molecule has 1 aliphatic heterocycles. The maximum atomic E-state index is 13.6. The summed E-state index contributed by atoms with van der Waals surface area (Å²) in [6.07, 6.45) is 0. The van der Waals surface area contributed by atoms with Crippen molar-refractivity contribution in [1.82, 2.24) is 23.6 Å². The number of nitrogens with one attached hydrogen (secondary N) is 1. The van der Waals surface area contributed by atoms with E-state index in [4.69, 9.17) is 17.2 Å². The Labute approximate surface area is 231 Å². The van der Waals surface area contributed by atoms with Crippen LogP contribution in [-0.2, 0) is 20.6 Å². The molecule has 0 aliphatic carbocycles. The maximum Gasteiger partial charge on any atom is 0.332 e. The average molecular weight is 550 g/mol. The second-order valence-corrected chi connectivity index (χ2v) is 10.6. The van der Waals surface area contributed by atoms with Gasteiger partial charge in [0, 0.05) is 46.0 Å². The molecule has 0 radical (unpaired) electrons. The number of thiocarbonyl (C=S) groups is 1. The number of aryl methyl sites for hydroxylation is 1. The van der Waals surface area contributed by atoms with Gasteiger partial charge in [-0.3, -0.25) is 18.5 Å². The van der Waals surface area contributed by atoms with Crippen LogP contribution in [0.25, 0.3) is 11.2 Å². The first kappa shape index (κ1) is 26.6. The van der Waals surface area contributed by atoms with Crippen LogP contribution in [0.1, 0.15) is 30.9 Å². The highest BCUT2D eigenvalue weighted by molar-refractivity contribution is 7.80. The highest BCUT2D eigenvalue weighted by Crippen LogP contribution is 2.23. The van der Waals surface area contributed by atoms with Gasteiger partial charge in [-0.05, 0) is 53.5 Å². The van der Waals surface area contributed by atoms with E-state index in [2.05, 4.69) is 41.1 Å². The third-order valence-electron chi connectivity index (χ3n) is 7.26. The summed E-state index contributed by atoms with van der Waals surface area (Å²) in [6, 6.07) is 14.5. The Morgan fingerprint density at radius 1 is 0.974 bits per heavy atom. The molecule has 39 heavy (non-hydrogen) atoms. The monoisotopic (exact) mass is 549 g/mol. The lowest BCUT2D eigenvalue weighted by Gasteiger charge is -2.36. The van der Waals surface area contributed by atoms with Gasteiger partial charge in [0.1, 0.15) is 5.82 Å². The smallest absolute Gasteiger partial charge is 0.332 e. The zero-order valence-electron chi connectivity index (χ0n) is 22.5. The number of nitrogens with zero attached hydrogens (tertiary/aromatic N) is 6. The summed E-state index contributed by atoms with van der Waals surface area (Å²) in [6.45, 7) is 7.20. The summed E-state index contributed by atoms with van der Waals surface area (Å²) in [5.41, 5.74) is 2.85. The summed E-state index contributed by atoms with van der Waals surface area (Å²) < 4.78 is 17.9. The Hall–Kier alpha value is -3.99. The highest BCUT2D eigenvalue weighted by atomic mass is 32.1. The molecule has 5 rings (SSSR count). The molecule has 0 spiro atoms. The van der Waals surface area contributed by atoms with Crippen molar-refractivity contribution in [2.24, 2.45) is 14.1 Å². The largest absolute Gasteiger partial charge is 0.345 e. The van der Waals surface area contributed by atoms with E-state index in [9.17, 15) is 14.0 Å². The van der Waals surface area contributed by atoms with Gasteiger partial charge in [-0.15, -0.1) is 0 Å². The molecule has 1 N–H and O–H groups in total. The number of imidazole rings is 1. The number of halogens is 1. The van der Waals surface area contributed by atoms with Crippen molar-refractivity contribution in [3.8, 4) is 0 Å². The van der Waals surface area contributed by atoms with Crippen LogP contribution in [0, 0.1) is 5.82 Å². The Kier molecular flexibility index (Phi) is 7.26. The molecular weight excluding hydrogens is 517 g/mol. The summed E-state index contributed by atoms with van der Waals surface area (Å²) in [5, 5.41) is 3.99. The number of benzene rings is 2. The molecule has 0 unspecified atom stereocenters. The third kappa shape index (κ3) is 5.18. The van der Waals surface area contributed by atoms with Gasteiger partial charge in [0.15, 0.2) is 16.3 Å². The molecule has 204 valence electrons. The van der Waals surface area contributed by atoms with Crippen LogP contribution in [0.15, 0.2) is 58.1 Å². The van der Waals surface area contributed by atoms with Gasteiger partial charge in [0.05, 0.1) is 6.54 Å². The zero-order valence-corrected chi connectivity index (χ0v) is 23.3. The van der Waals surface area contributed by atoms with Crippen molar-refractivity contribution >= 4 is 40.1 Å². The van der Waals surface area contributed by atoms with Crippen LogP contribution < -0.4 is 21.5 Å². The third-order valence-corrected chi connectivity index (χ3v) is 7.62. The minimum atomic E-state index is -0.437. The Morgan fingerprint density at radius 3 is 2.23 bits per heavy atom. The number of fused-ring (bicyclic) bond motifs is 1. The lowest BCUT2D eigenvalue weighted by Crippen LogP contribution is -2.50. The van der Waals surface area contributed by atoms with Gasteiger partial charge in [0.2, 0.25) is 5.95 Å². The molecule has 0 amide bonds. The molecule has 2 aromatic carbocycles. The van der Waals surface area contributed by atoms with E-state index in [1.165, 1.54) is 29.3 Å². The normalized spacial score (nSPS) is 13.9. The molecule has 1 aliphatic rings. The fraction of sp³-hybridized carbons (Fsp3) is 0.357. The summed E-state index contributed by atoms with van der Waals surface area (Å²) in [7, 11) is 3.07. The van der Waals surface area contributed by atoms with Crippen molar-refractivity contribution in [3.63, 3.8) is 0 Å². The van der Waals surface area contributed by atoms with Gasteiger partial charge in [-0.2, -0.15) is 4.98 Å². The average Bonchev–Trinajstić information content (AvgIpc) is 3.31. The predicted molar refractivity (Wildman–Crippen MR) is 156 cm³/mol. The van der Waals surface area contributed by atoms with E-state index in [0.717, 1.165) is 15.8 Å². The van der Waals surface area contributed by atoms with Gasteiger partial charge in [0.25, 0.3) is 5.56 Å². The van der Waals surface area contributed by atoms with Gasteiger partial charge in [-0.1, -0.05) is 38.1 Å². The van der Waals surface area contributed by atoms with Crippen molar-refractivity contribution in [2.45, 2.75) is 26.3 Å². The van der Waals surface area contributed by atoms with E-state index in [-0.39, 0.29) is 5.82 Å². The minimum Gasteiger partial charge on any atom is -0.345 e. The summed E-state index contributed by atoms with van der Waals surface area (Å²) in [5.74, 6) is 0.730. The molecule has 0 bridgehead atoms. The van der Waals surface area contributed by atoms with Crippen LogP contribution >= 0.6 is 12.2 Å². The van der Waals surface area contributed by atoms with Crippen molar-refractivity contribution in [1.29, 1.82) is 0 Å². The lowest BCUT2D eigenvalue weighted by molar-refractivity contribution is 0.386. The number of hydrogen-bond acceptors (Lipinski definition) is 5. The fourth-order valence-corrected chi connectivity index (χ4v) is 5.16. The van der Waals surface area contributed by atoms with E-state index in [1.807, 2.05) is 16.7 Å². The topological polar surface area (TPSA) is 80.3 Å². The number of rotatable bonds is 5. The SMILES string of the molecule is CC(C)c1ccc(NC(=S)N2CCN(c3nc4c(c(=O)n(C)c(=O)n4C)n3Cc3ccc(F)cc3)CC2)cc1. The minimum absolute atomic E-state index is 0.312. The molecule has 0 saturated carbocycles. The number of piperazine rings is 1. The van der Waals surface area contributed by atoms with Crippen LogP contribution in [0.5, 0.6) is 0 Å². The lowest BCUT2D eigenvalue weighted by atomic mass is 10.0. The molecule has 11 heteroatoms. The van der Waals surface area contributed by atoms with E-state index < -0.39 is 11.2 Å². The second-order valence-electron chi connectivity index (χ2n) is 10.2. The molecule has 1 saturated heterocycles. The van der Waals surface area contributed by atoms with E-state index >= 15 is 0 Å². The van der Waals surface area contributed by atoms with Crippen molar-refractivity contribution in [2.75, 3.05) is 36.4 Å². The first-order valence-corrected chi connectivity index (χ1v) is 13.4. The molecule has 3 heterocycles. The molecule has 2 aromatic heterocycles. The Morgan fingerprint density at radius 2 is 1.62 bits per heavy atom. The Balaban J connectivity index is 1.40. The first-order valence-electron chi connectivity index (χ1n) is 13.0. The van der Waals surface area contributed by atoms with Gasteiger partial charge in [-0.25, -0.2) is 9.18 Å². The first-order chi connectivity index (χ1) is 18.6. The molecule has 0 atom stereocenters. The fourth-order valence-electron chi connectivity index (χ4n) is 4.86. The molecule has 4 aromatic rings. The quantitative estimate of drug-likeness (QED) is 0.383. The number of hydrogen-bond donors (Lipinski definition) is 1. The standard InChI is InChI=1S/C28H32FN7O2S/c1-18(2)20-7-11-22(12-8-20)30-27(39)35-15-13-34(14-16-35)26-31-24-23(25(37)33(4)28(38)32(24)3)36(26)17-19-5-9-21(29)10-6-19/h5-12,18H,13-17H2,1-4H3,(H,30,39). The van der Waals surface area contributed by atoms with E-state index in [0.29, 0.717) is 60.9 Å². The molecule has 1 fully saturated rings. The van der Waals surface area contributed by atoms with E-state index in [1.54, 1.807) is 19.2 Å². The highest BCUT2D eigenvalue weighted by Gasteiger charge is 2.26. The second kappa shape index (κ2) is 10.6. The van der Waals surface area contributed by atoms with Crippen molar-refractivity contribution in [3.05, 3.63) is 86.3 Å². The van der Waals surface area contributed by atoms with Gasteiger partial charge < -0.3 is 15.1 Å². The van der Waals surface area contributed by atoms with Crippen LogP contribution in [0.3, 0.4) is 0 Å². The predicted octanol–water partition coefficient (Wildman–Crippen LogP) is 3.26. The number of aromatic nitrogens is 4. The number of anilines is 2. The molecule has 9 nitrogen and oxygen atoms in total. The van der Waals surface area contributed by atoms with Crippen LogP contribution in [0.4, 0.5) is 16.0 Å².